The topological polar surface area (TPSA) is 81.8 Å². The Labute approximate surface area is 189 Å². The van der Waals surface area contributed by atoms with Gasteiger partial charge in [-0.1, -0.05) is 29.8 Å². The second-order valence-corrected chi connectivity index (χ2v) is 8.27. The van der Waals surface area contributed by atoms with Gasteiger partial charge >= 0.3 is 0 Å². The summed E-state index contributed by atoms with van der Waals surface area (Å²) in [6.45, 7) is 1.93. The summed E-state index contributed by atoms with van der Waals surface area (Å²) >= 11 is 6.35. The summed E-state index contributed by atoms with van der Waals surface area (Å²) in [5, 5.41) is 18.0. The minimum absolute atomic E-state index is 0.224. The first-order valence-electron chi connectivity index (χ1n) is 10.3. The van der Waals surface area contributed by atoms with Crippen molar-refractivity contribution in [1.29, 1.82) is 0 Å². The maximum absolute atomic E-state index is 13.4. The van der Waals surface area contributed by atoms with Gasteiger partial charge in [-0.2, -0.15) is 5.10 Å². The molecular weight excluding hydrogens is 429 g/mol. The average Bonchev–Trinajstić information content (AvgIpc) is 3.45. The molecule has 3 aromatic carbocycles. The highest BCUT2D eigenvalue weighted by atomic mass is 35.5. The molecule has 0 unspecified atom stereocenters. The monoisotopic (exact) mass is 449 g/mol. The number of amides is 1. The van der Waals surface area contributed by atoms with Crippen LogP contribution in [0.5, 0.6) is 0 Å². The van der Waals surface area contributed by atoms with E-state index in [0.29, 0.717) is 5.02 Å². The Hall–Kier alpha value is -3.42. The summed E-state index contributed by atoms with van der Waals surface area (Å²) < 4.78 is 13.2. The van der Waals surface area contributed by atoms with E-state index in [1.165, 1.54) is 23.3 Å². The zero-order valence-corrected chi connectivity index (χ0v) is 17.8. The number of halogens is 2. The van der Waals surface area contributed by atoms with Gasteiger partial charge in [-0.15, -0.1) is 0 Å². The number of hydrogen-bond donors (Lipinski definition) is 4. The number of aromatic nitrogens is 2. The normalized spacial score (nSPS) is 13.7. The first-order valence-corrected chi connectivity index (χ1v) is 10.7. The van der Waals surface area contributed by atoms with Crippen molar-refractivity contribution in [2.24, 2.45) is 0 Å². The van der Waals surface area contributed by atoms with Gasteiger partial charge in [-0.3, -0.25) is 9.89 Å². The maximum atomic E-state index is 13.4. The number of nitrogens with zero attached hydrogens (tertiary/aromatic N) is 1. The number of carbonyl (C=O) groups excluding carboxylic acids is 1. The first kappa shape index (κ1) is 20.5. The summed E-state index contributed by atoms with van der Waals surface area (Å²) in [6.07, 6.45) is 1.69. The van der Waals surface area contributed by atoms with Crippen LogP contribution < -0.4 is 16.0 Å². The molecule has 0 bridgehead atoms. The van der Waals surface area contributed by atoms with Gasteiger partial charge in [0.2, 0.25) is 5.91 Å². The SMILES string of the molecule is O=C(NCc1ccc(F)cc1)[C@H](Nc1ccc2c(c1)CNC2)c1cc(Cl)cc2[nH]ncc12. The number of benzene rings is 3. The highest BCUT2D eigenvalue weighted by molar-refractivity contribution is 6.31. The number of carbonyl (C=O) groups is 1. The number of H-pyrrole nitrogens is 1. The lowest BCUT2D eigenvalue weighted by Crippen LogP contribution is -2.33. The predicted octanol–water partition coefficient (Wildman–Crippen LogP) is 4.43. The predicted molar refractivity (Wildman–Crippen MR) is 123 cm³/mol. The fourth-order valence-corrected chi connectivity index (χ4v) is 4.24. The van der Waals surface area contributed by atoms with Crippen molar-refractivity contribution in [2.45, 2.75) is 25.7 Å². The summed E-state index contributed by atoms with van der Waals surface area (Å²) in [4.78, 5) is 13.4. The van der Waals surface area contributed by atoms with Gasteiger partial charge in [0.05, 0.1) is 11.7 Å². The Morgan fingerprint density at radius 3 is 2.75 bits per heavy atom. The molecule has 32 heavy (non-hydrogen) atoms. The van der Waals surface area contributed by atoms with Crippen molar-refractivity contribution in [3.05, 3.63) is 93.9 Å². The molecule has 1 aliphatic rings. The third kappa shape index (κ3) is 4.17. The summed E-state index contributed by atoms with van der Waals surface area (Å²) in [5.74, 6) is -0.537. The molecule has 1 atom stereocenters. The van der Waals surface area contributed by atoms with E-state index in [1.54, 1.807) is 30.5 Å². The summed E-state index contributed by atoms with van der Waals surface area (Å²) in [6, 6.07) is 15.0. The molecule has 0 spiro atoms. The Bertz CT molecular complexity index is 1290. The summed E-state index contributed by atoms with van der Waals surface area (Å²) in [7, 11) is 0. The van der Waals surface area contributed by atoms with Gasteiger partial charge < -0.3 is 16.0 Å². The van der Waals surface area contributed by atoms with Gasteiger partial charge in [-0.05, 0) is 58.7 Å². The Balaban J connectivity index is 1.47. The lowest BCUT2D eigenvalue weighted by atomic mass is 10.0. The van der Waals surface area contributed by atoms with Crippen LogP contribution >= 0.6 is 11.6 Å². The number of fused-ring (bicyclic) bond motifs is 2. The second-order valence-electron chi connectivity index (χ2n) is 7.83. The molecule has 4 N–H and O–H groups in total. The molecule has 4 aromatic rings. The van der Waals surface area contributed by atoms with Gasteiger partial charge in [0, 0.05) is 35.7 Å². The number of nitrogens with one attached hydrogen (secondary N) is 4. The molecule has 6 nitrogen and oxygen atoms in total. The van der Waals surface area contributed by atoms with E-state index in [9.17, 15) is 9.18 Å². The molecule has 1 aromatic heterocycles. The maximum Gasteiger partial charge on any atom is 0.247 e. The first-order chi connectivity index (χ1) is 15.6. The van der Waals surface area contributed by atoms with E-state index < -0.39 is 6.04 Å². The largest absolute Gasteiger partial charge is 0.370 e. The number of aromatic amines is 1. The van der Waals surface area contributed by atoms with Crippen LogP contribution in [-0.4, -0.2) is 16.1 Å². The Morgan fingerprint density at radius 2 is 1.91 bits per heavy atom. The third-order valence-corrected chi connectivity index (χ3v) is 5.88. The van der Waals surface area contributed by atoms with Crippen LogP contribution in [0.25, 0.3) is 10.9 Å². The molecule has 162 valence electrons. The van der Waals surface area contributed by atoms with Gasteiger partial charge in [0.1, 0.15) is 11.9 Å². The average molecular weight is 450 g/mol. The quantitative estimate of drug-likeness (QED) is 0.351. The van der Waals surface area contributed by atoms with Crippen molar-refractivity contribution >= 4 is 34.1 Å². The zero-order chi connectivity index (χ0) is 22.1. The molecule has 1 amide bonds. The number of anilines is 1. The lowest BCUT2D eigenvalue weighted by molar-refractivity contribution is -0.122. The molecule has 8 heteroatoms. The molecule has 0 aliphatic carbocycles. The number of hydrogen-bond acceptors (Lipinski definition) is 4. The van der Waals surface area contributed by atoms with Crippen molar-refractivity contribution in [1.82, 2.24) is 20.8 Å². The standard InChI is InChI=1S/C24H21ClFN5O/c25-17-8-20(21-13-29-31-22(21)9-17)23(24(32)28-10-14-1-4-18(26)5-2-14)30-19-6-3-15-11-27-12-16(15)7-19/h1-9,13,23,27,30H,10-12H2,(H,28,32)(H,29,31)/t23-/m1/s1. The van der Waals surface area contributed by atoms with Crippen LogP contribution in [0.15, 0.2) is 60.8 Å². The fourth-order valence-electron chi connectivity index (χ4n) is 4.01. The fraction of sp³-hybridized carbons (Fsp3) is 0.167. The highest BCUT2D eigenvalue weighted by Gasteiger charge is 2.24. The van der Waals surface area contributed by atoms with E-state index >= 15 is 0 Å². The smallest absolute Gasteiger partial charge is 0.247 e. The molecule has 0 saturated heterocycles. The lowest BCUT2D eigenvalue weighted by Gasteiger charge is -2.21. The minimum atomic E-state index is -0.707. The van der Waals surface area contributed by atoms with Crippen LogP contribution in [0.2, 0.25) is 5.02 Å². The van der Waals surface area contributed by atoms with E-state index in [0.717, 1.165) is 40.8 Å². The molecule has 2 heterocycles. The minimum Gasteiger partial charge on any atom is -0.370 e. The van der Waals surface area contributed by atoms with Crippen LogP contribution in [0.1, 0.15) is 28.3 Å². The Kier molecular flexibility index (Phi) is 5.51. The van der Waals surface area contributed by atoms with E-state index in [1.807, 2.05) is 6.07 Å². The van der Waals surface area contributed by atoms with Gasteiger partial charge in [-0.25, -0.2) is 4.39 Å². The van der Waals surface area contributed by atoms with Crippen molar-refractivity contribution < 1.29 is 9.18 Å². The molecule has 0 fully saturated rings. The molecule has 1 aliphatic heterocycles. The van der Waals surface area contributed by atoms with Crippen LogP contribution in [-0.2, 0) is 24.4 Å². The molecule has 0 radical (unpaired) electrons. The molecular formula is C24H21ClFN5O. The number of rotatable bonds is 6. The van der Waals surface area contributed by atoms with E-state index in [2.05, 4.69) is 38.3 Å². The van der Waals surface area contributed by atoms with Crippen LogP contribution in [0, 0.1) is 5.82 Å². The molecule has 5 rings (SSSR count). The van der Waals surface area contributed by atoms with Gasteiger partial charge in [0.25, 0.3) is 0 Å². The summed E-state index contributed by atoms with van der Waals surface area (Å²) in [5.41, 5.74) is 5.58. The van der Waals surface area contributed by atoms with E-state index in [4.69, 9.17) is 11.6 Å². The van der Waals surface area contributed by atoms with Crippen molar-refractivity contribution in [3.63, 3.8) is 0 Å². The van der Waals surface area contributed by atoms with Crippen molar-refractivity contribution in [3.8, 4) is 0 Å². The van der Waals surface area contributed by atoms with Crippen molar-refractivity contribution in [2.75, 3.05) is 5.32 Å². The van der Waals surface area contributed by atoms with Gasteiger partial charge in [0.15, 0.2) is 0 Å². The molecule has 0 saturated carbocycles. The van der Waals surface area contributed by atoms with Crippen LogP contribution in [0.3, 0.4) is 0 Å². The highest BCUT2D eigenvalue weighted by Crippen LogP contribution is 2.31. The zero-order valence-electron chi connectivity index (χ0n) is 17.1. The third-order valence-electron chi connectivity index (χ3n) is 5.66. The second kappa shape index (κ2) is 8.61. The van der Waals surface area contributed by atoms with E-state index in [-0.39, 0.29) is 18.3 Å². The van der Waals surface area contributed by atoms with Crippen LogP contribution in [0.4, 0.5) is 10.1 Å². The Morgan fingerprint density at radius 1 is 1.09 bits per heavy atom.